The Hall–Kier alpha value is -0.920. The van der Waals surface area contributed by atoms with Crippen LogP contribution in [0.2, 0.25) is 0 Å². The quantitative estimate of drug-likeness (QED) is 0.572. The summed E-state index contributed by atoms with van der Waals surface area (Å²) in [7, 11) is 0. The van der Waals surface area contributed by atoms with Crippen molar-refractivity contribution in [3.05, 3.63) is 10.8 Å². The molecule has 1 atom stereocenters. The van der Waals surface area contributed by atoms with Gasteiger partial charge in [-0.15, -0.1) is 0 Å². The third-order valence-corrected chi connectivity index (χ3v) is 4.30. The van der Waals surface area contributed by atoms with Gasteiger partial charge >= 0.3 is 0 Å². The average molecular weight is 313 g/mol. The second-order valence-electron chi connectivity index (χ2n) is 4.89. The fraction of sp³-hybridized carbons (Fsp3) is 0.636. The number of aromatic nitrogens is 2. The Balaban J connectivity index is 1.65. The lowest BCUT2D eigenvalue weighted by molar-refractivity contribution is 0.326. The van der Waals surface area contributed by atoms with E-state index in [1.54, 1.807) is 0 Å². The third kappa shape index (κ3) is 2.43. The van der Waals surface area contributed by atoms with E-state index in [1.807, 2.05) is 0 Å². The van der Waals surface area contributed by atoms with Crippen molar-refractivity contribution < 1.29 is 0 Å². The van der Waals surface area contributed by atoms with Crippen LogP contribution in [0.1, 0.15) is 19.3 Å². The number of anilines is 2. The van der Waals surface area contributed by atoms with Gasteiger partial charge in [-0.25, -0.2) is 15.8 Å². The molecule has 7 heteroatoms. The molecule has 1 aromatic rings. The summed E-state index contributed by atoms with van der Waals surface area (Å²) in [5.41, 5.74) is 2.55. The van der Waals surface area contributed by atoms with Crippen LogP contribution in [0.5, 0.6) is 0 Å². The van der Waals surface area contributed by atoms with E-state index in [1.165, 1.54) is 32.1 Å². The molecule has 0 amide bonds. The van der Waals surface area contributed by atoms with Crippen LogP contribution >= 0.6 is 15.9 Å². The molecule has 2 aliphatic rings. The van der Waals surface area contributed by atoms with Gasteiger partial charge in [0.2, 0.25) is 0 Å². The fourth-order valence-electron chi connectivity index (χ4n) is 2.44. The Labute approximate surface area is 114 Å². The summed E-state index contributed by atoms with van der Waals surface area (Å²) >= 11 is 3.46. The number of nitrogens with one attached hydrogen (secondary N) is 2. The number of nitrogen functional groups attached to an aromatic ring is 1. The van der Waals surface area contributed by atoms with Gasteiger partial charge in [0.15, 0.2) is 5.82 Å². The summed E-state index contributed by atoms with van der Waals surface area (Å²) in [6.45, 7) is 2.29. The van der Waals surface area contributed by atoms with Crippen molar-refractivity contribution in [2.24, 2.45) is 5.84 Å². The zero-order valence-electron chi connectivity index (χ0n) is 10.1. The van der Waals surface area contributed by atoms with Crippen LogP contribution in [0.3, 0.4) is 0 Å². The predicted octanol–water partition coefficient (Wildman–Crippen LogP) is 1.17. The molecule has 0 radical (unpaired) electrons. The largest absolute Gasteiger partial charge is 0.365 e. The van der Waals surface area contributed by atoms with Gasteiger partial charge in [-0.3, -0.25) is 4.90 Å². The maximum absolute atomic E-state index is 5.39. The van der Waals surface area contributed by atoms with E-state index < -0.39 is 0 Å². The lowest BCUT2D eigenvalue weighted by Crippen LogP contribution is -2.28. The van der Waals surface area contributed by atoms with E-state index in [0.717, 1.165) is 22.9 Å². The SMILES string of the molecule is NNc1ncnc(NC2CCN(C3CC3)C2)c1Br. The molecule has 1 aromatic heterocycles. The van der Waals surface area contributed by atoms with Crippen LogP contribution in [0.25, 0.3) is 0 Å². The van der Waals surface area contributed by atoms with Crippen LogP contribution in [-0.4, -0.2) is 40.0 Å². The van der Waals surface area contributed by atoms with E-state index in [2.05, 4.69) is 41.5 Å². The van der Waals surface area contributed by atoms with E-state index >= 15 is 0 Å². The van der Waals surface area contributed by atoms with E-state index in [0.29, 0.717) is 11.9 Å². The highest BCUT2D eigenvalue weighted by atomic mass is 79.9. The number of hydrogen-bond donors (Lipinski definition) is 3. The Morgan fingerprint density at radius 2 is 2.06 bits per heavy atom. The Morgan fingerprint density at radius 3 is 2.78 bits per heavy atom. The number of nitrogens with two attached hydrogens (primary N) is 1. The van der Waals surface area contributed by atoms with Gasteiger partial charge in [0.1, 0.15) is 16.6 Å². The normalized spacial score (nSPS) is 24.2. The zero-order chi connectivity index (χ0) is 12.5. The zero-order valence-corrected chi connectivity index (χ0v) is 11.7. The number of hydrogen-bond acceptors (Lipinski definition) is 6. The first-order valence-electron chi connectivity index (χ1n) is 6.25. The van der Waals surface area contributed by atoms with Crippen molar-refractivity contribution >= 4 is 27.6 Å². The average Bonchev–Trinajstić information content (AvgIpc) is 3.13. The minimum atomic E-state index is 0.461. The lowest BCUT2D eigenvalue weighted by Gasteiger charge is -2.17. The second kappa shape index (κ2) is 4.99. The predicted molar refractivity (Wildman–Crippen MR) is 74.2 cm³/mol. The van der Waals surface area contributed by atoms with Gasteiger partial charge in [-0.2, -0.15) is 0 Å². The van der Waals surface area contributed by atoms with Crippen LogP contribution in [0.4, 0.5) is 11.6 Å². The highest BCUT2D eigenvalue weighted by molar-refractivity contribution is 9.10. The second-order valence-corrected chi connectivity index (χ2v) is 5.68. The van der Waals surface area contributed by atoms with E-state index in [9.17, 15) is 0 Å². The van der Waals surface area contributed by atoms with Crippen LogP contribution in [0.15, 0.2) is 10.8 Å². The van der Waals surface area contributed by atoms with Gasteiger partial charge in [0.25, 0.3) is 0 Å². The van der Waals surface area contributed by atoms with E-state index in [4.69, 9.17) is 5.84 Å². The molecule has 2 heterocycles. The summed E-state index contributed by atoms with van der Waals surface area (Å²) in [5, 5.41) is 3.46. The summed E-state index contributed by atoms with van der Waals surface area (Å²) in [6, 6.07) is 1.30. The smallest absolute Gasteiger partial charge is 0.159 e. The molecule has 0 bridgehead atoms. The van der Waals surface area contributed by atoms with Crippen molar-refractivity contribution in [2.45, 2.75) is 31.3 Å². The van der Waals surface area contributed by atoms with Crippen LogP contribution < -0.4 is 16.6 Å². The highest BCUT2D eigenvalue weighted by Crippen LogP contribution is 2.32. The van der Waals surface area contributed by atoms with Crippen molar-refractivity contribution in [1.82, 2.24) is 14.9 Å². The first kappa shape index (κ1) is 12.1. The molecule has 4 N–H and O–H groups in total. The maximum Gasteiger partial charge on any atom is 0.159 e. The molecule has 1 unspecified atom stereocenters. The van der Waals surface area contributed by atoms with Crippen LogP contribution in [-0.2, 0) is 0 Å². The van der Waals surface area contributed by atoms with Crippen molar-refractivity contribution in [1.29, 1.82) is 0 Å². The maximum atomic E-state index is 5.39. The highest BCUT2D eigenvalue weighted by Gasteiger charge is 2.34. The van der Waals surface area contributed by atoms with Gasteiger partial charge in [0.05, 0.1) is 0 Å². The molecule has 0 spiro atoms. The summed E-state index contributed by atoms with van der Waals surface area (Å²) in [4.78, 5) is 10.9. The monoisotopic (exact) mass is 312 g/mol. The minimum Gasteiger partial charge on any atom is -0.365 e. The number of rotatable bonds is 4. The number of nitrogens with zero attached hydrogens (tertiary/aromatic N) is 3. The third-order valence-electron chi connectivity index (χ3n) is 3.55. The Bertz CT molecular complexity index is 436. The molecule has 3 rings (SSSR count). The molecule has 1 saturated carbocycles. The van der Waals surface area contributed by atoms with Gasteiger partial charge in [0, 0.05) is 25.2 Å². The topological polar surface area (TPSA) is 79.1 Å². The van der Waals surface area contributed by atoms with Crippen molar-refractivity contribution in [3.63, 3.8) is 0 Å². The molecular weight excluding hydrogens is 296 g/mol. The summed E-state index contributed by atoms with van der Waals surface area (Å²) in [5.74, 6) is 6.80. The van der Waals surface area contributed by atoms with Crippen molar-refractivity contribution in [3.8, 4) is 0 Å². The molecule has 18 heavy (non-hydrogen) atoms. The molecule has 1 aliphatic carbocycles. The summed E-state index contributed by atoms with van der Waals surface area (Å²) in [6.07, 6.45) is 5.41. The Kier molecular flexibility index (Phi) is 3.36. The number of likely N-dealkylation sites (tertiary alicyclic amines) is 1. The lowest BCUT2D eigenvalue weighted by atomic mass is 10.2. The number of hydrazine groups is 1. The molecule has 6 nitrogen and oxygen atoms in total. The molecule has 1 aliphatic heterocycles. The molecule has 1 saturated heterocycles. The summed E-state index contributed by atoms with van der Waals surface area (Å²) < 4.78 is 0.789. The van der Waals surface area contributed by atoms with Gasteiger partial charge < -0.3 is 10.7 Å². The molecule has 2 fully saturated rings. The molecular formula is C11H17BrN6. The minimum absolute atomic E-state index is 0.461. The standard InChI is InChI=1S/C11H17BrN6/c12-9-10(14-6-15-11(9)17-13)16-7-3-4-18(5-7)8-1-2-8/h6-8H,1-5,13H2,(H2,14,15,16,17). The Morgan fingerprint density at radius 1 is 1.28 bits per heavy atom. The van der Waals surface area contributed by atoms with Crippen LogP contribution in [0, 0.1) is 0 Å². The molecule has 98 valence electrons. The van der Waals surface area contributed by atoms with Gasteiger partial charge in [-0.05, 0) is 35.2 Å². The number of halogens is 1. The van der Waals surface area contributed by atoms with Crippen molar-refractivity contribution in [2.75, 3.05) is 23.8 Å². The first-order chi connectivity index (χ1) is 8.78. The molecule has 0 aromatic carbocycles. The van der Waals surface area contributed by atoms with E-state index in [-0.39, 0.29) is 0 Å². The fourth-order valence-corrected chi connectivity index (χ4v) is 2.87. The first-order valence-corrected chi connectivity index (χ1v) is 7.05. The van der Waals surface area contributed by atoms with Gasteiger partial charge in [-0.1, -0.05) is 0 Å².